The summed E-state index contributed by atoms with van der Waals surface area (Å²) in [6.07, 6.45) is 8.70. The molecular weight excluding hydrogens is 286 g/mol. The Morgan fingerprint density at radius 2 is 2.05 bits per heavy atom. The molecule has 2 N–H and O–H groups in total. The van der Waals surface area contributed by atoms with E-state index >= 15 is 0 Å². The van der Waals surface area contributed by atoms with E-state index in [0.717, 1.165) is 36.8 Å². The van der Waals surface area contributed by atoms with Gasteiger partial charge in [-0.3, -0.25) is 9.78 Å². The number of aromatic nitrogens is 3. The fourth-order valence-corrected chi connectivity index (χ4v) is 3.54. The van der Waals surface area contributed by atoms with Crippen molar-refractivity contribution in [2.45, 2.75) is 25.2 Å². The average molecular weight is 303 g/mol. The van der Waals surface area contributed by atoms with Gasteiger partial charge >= 0.3 is 0 Å². The summed E-state index contributed by atoms with van der Waals surface area (Å²) in [7, 11) is 0. The zero-order chi connectivity index (χ0) is 14.9. The second-order valence-corrected chi connectivity index (χ2v) is 6.54. The molecule has 3 heterocycles. The van der Waals surface area contributed by atoms with Crippen molar-refractivity contribution in [3.63, 3.8) is 0 Å². The smallest absolute Gasteiger partial charge is 0.260 e. The molecule has 110 valence electrons. The highest BCUT2D eigenvalue weighted by Gasteiger charge is 2.35. The standard InChI is InChI=1S/C14H17N5OS/c1-14(13-18-8-10(21-13)12(15)20)2-6-19(7-3-14)11-9-16-4-5-17-11/h4-5,8-9H,2-3,6-7H2,1H3,(H2,15,20). The van der Waals surface area contributed by atoms with Gasteiger partial charge in [0.1, 0.15) is 10.7 Å². The summed E-state index contributed by atoms with van der Waals surface area (Å²) in [6, 6.07) is 0. The molecule has 0 bridgehead atoms. The van der Waals surface area contributed by atoms with Gasteiger partial charge in [0.05, 0.1) is 17.4 Å². The first kappa shape index (κ1) is 13.9. The largest absolute Gasteiger partial charge is 0.365 e. The summed E-state index contributed by atoms with van der Waals surface area (Å²) in [6.45, 7) is 4.01. The first-order valence-corrected chi connectivity index (χ1v) is 7.67. The molecule has 1 amide bonds. The van der Waals surface area contributed by atoms with Crippen LogP contribution in [0, 0.1) is 0 Å². The maximum Gasteiger partial charge on any atom is 0.260 e. The predicted octanol–water partition coefficient (Wildman–Crippen LogP) is 1.59. The number of nitrogens with two attached hydrogens (primary N) is 1. The van der Waals surface area contributed by atoms with Crippen LogP contribution in [0.2, 0.25) is 0 Å². The summed E-state index contributed by atoms with van der Waals surface area (Å²) < 4.78 is 0. The predicted molar refractivity (Wildman–Crippen MR) is 81.5 cm³/mol. The van der Waals surface area contributed by atoms with Gasteiger partial charge < -0.3 is 10.6 Å². The zero-order valence-electron chi connectivity index (χ0n) is 11.8. The second-order valence-electron chi connectivity index (χ2n) is 5.51. The fraction of sp³-hybridized carbons (Fsp3) is 0.429. The van der Waals surface area contributed by atoms with Crippen molar-refractivity contribution in [3.05, 3.63) is 34.7 Å². The number of hydrogen-bond acceptors (Lipinski definition) is 6. The van der Waals surface area contributed by atoms with Crippen LogP contribution in [-0.4, -0.2) is 33.9 Å². The van der Waals surface area contributed by atoms with Crippen molar-refractivity contribution in [1.29, 1.82) is 0 Å². The van der Waals surface area contributed by atoms with Crippen molar-refractivity contribution in [2.24, 2.45) is 5.73 Å². The van der Waals surface area contributed by atoms with Crippen LogP contribution in [0.3, 0.4) is 0 Å². The van der Waals surface area contributed by atoms with Gasteiger partial charge in [-0.05, 0) is 12.8 Å². The van der Waals surface area contributed by atoms with Gasteiger partial charge in [0.15, 0.2) is 0 Å². The van der Waals surface area contributed by atoms with E-state index < -0.39 is 5.91 Å². The molecule has 1 aliphatic rings. The van der Waals surface area contributed by atoms with E-state index in [9.17, 15) is 4.79 Å². The van der Waals surface area contributed by atoms with Crippen LogP contribution in [0.25, 0.3) is 0 Å². The lowest BCUT2D eigenvalue weighted by Gasteiger charge is -2.38. The summed E-state index contributed by atoms with van der Waals surface area (Å²) in [4.78, 5) is 26.8. The van der Waals surface area contributed by atoms with Gasteiger partial charge in [0, 0.05) is 30.9 Å². The molecule has 2 aromatic heterocycles. The highest BCUT2D eigenvalue weighted by atomic mass is 32.1. The van der Waals surface area contributed by atoms with Crippen LogP contribution < -0.4 is 10.6 Å². The Balaban J connectivity index is 1.73. The number of nitrogens with zero attached hydrogens (tertiary/aromatic N) is 4. The summed E-state index contributed by atoms with van der Waals surface area (Å²) in [5.41, 5.74) is 5.30. The van der Waals surface area contributed by atoms with Crippen LogP contribution in [0.15, 0.2) is 24.8 Å². The van der Waals surface area contributed by atoms with Gasteiger partial charge in [-0.15, -0.1) is 11.3 Å². The SMILES string of the molecule is CC1(c2ncc(C(N)=O)s2)CCN(c2cnccn2)CC1. The van der Waals surface area contributed by atoms with Crippen molar-refractivity contribution >= 4 is 23.1 Å². The third-order valence-electron chi connectivity index (χ3n) is 4.01. The number of carbonyl (C=O) groups is 1. The minimum absolute atomic E-state index is 0.00290. The van der Waals surface area contributed by atoms with E-state index in [1.807, 2.05) is 0 Å². The van der Waals surface area contributed by atoms with E-state index in [0.29, 0.717) is 4.88 Å². The fourth-order valence-electron chi connectivity index (χ4n) is 2.56. The highest BCUT2D eigenvalue weighted by Crippen LogP contribution is 2.37. The minimum atomic E-state index is -0.403. The molecule has 0 saturated carbocycles. The van der Waals surface area contributed by atoms with E-state index in [2.05, 4.69) is 26.8 Å². The molecule has 0 radical (unpaired) electrons. The molecule has 0 unspecified atom stereocenters. The number of amides is 1. The topological polar surface area (TPSA) is 85.0 Å². The van der Waals surface area contributed by atoms with Crippen molar-refractivity contribution in [2.75, 3.05) is 18.0 Å². The number of rotatable bonds is 3. The van der Waals surface area contributed by atoms with Gasteiger partial charge in [0.25, 0.3) is 5.91 Å². The molecule has 21 heavy (non-hydrogen) atoms. The Kier molecular flexibility index (Phi) is 3.59. The number of primary amides is 1. The lowest BCUT2D eigenvalue weighted by molar-refractivity contribution is 0.100. The molecule has 1 saturated heterocycles. The van der Waals surface area contributed by atoms with E-state index in [1.165, 1.54) is 11.3 Å². The number of piperidine rings is 1. The number of hydrogen-bond donors (Lipinski definition) is 1. The monoisotopic (exact) mass is 303 g/mol. The van der Waals surface area contributed by atoms with Crippen molar-refractivity contribution < 1.29 is 4.79 Å². The Morgan fingerprint density at radius 1 is 1.29 bits per heavy atom. The first-order valence-electron chi connectivity index (χ1n) is 6.85. The quantitative estimate of drug-likeness (QED) is 0.930. The third kappa shape index (κ3) is 2.73. The van der Waals surface area contributed by atoms with Crippen LogP contribution in [0.5, 0.6) is 0 Å². The van der Waals surface area contributed by atoms with Crippen LogP contribution in [-0.2, 0) is 5.41 Å². The summed E-state index contributed by atoms with van der Waals surface area (Å²) in [5, 5.41) is 0.995. The summed E-state index contributed by atoms with van der Waals surface area (Å²) in [5.74, 6) is 0.510. The van der Waals surface area contributed by atoms with Crippen molar-refractivity contribution in [1.82, 2.24) is 15.0 Å². The first-order chi connectivity index (χ1) is 10.1. The lowest BCUT2D eigenvalue weighted by atomic mass is 9.81. The molecule has 1 fully saturated rings. The minimum Gasteiger partial charge on any atom is -0.365 e. The number of thiazole rings is 1. The Hall–Kier alpha value is -2.02. The second kappa shape index (κ2) is 5.40. The highest BCUT2D eigenvalue weighted by molar-refractivity contribution is 7.13. The molecule has 7 heteroatoms. The lowest BCUT2D eigenvalue weighted by Crippen LogP contribution is -2.41. The summed E-state index contributed by atoms with van der Waals surface area (Å²) >= 11 is 1.41. The Morgan fingerprint density at radius 3 is 2.62 bits per heavy atom. The molecule has 6 nitrogen and oxygen atoms in total. The normalized spacial score (nSPS) is 17.7. The molecule has 1 aliphatic heterocycles. The zero-order valence-corrected chi connectivity index (χ0v) is 12.6. The molecule has 3 rings (SSSR count). The molecule has 0 atom stereocenters. The molecule has 0 aromatic carbocycles. The van der Waals surface area contributed by atoms with Crippen molar-refractivity contribution in [3.8, 4) is 0 Å². The molecule has 2 aromatic rings. The molecule has 0 aliphatic carbocycles. The third-order valence-corrected chi connectivity index (χ3v) is 5.32. The number of carbonyl (C=O) groups excluding carboxylic acids is 1. The van der Waals surface area contributed by atoms with E-state index in [4.69, 9.17) is 5.73 Å². The Bertz CT molecular complexity index is 634. The van der Waals surface area contributed by atoms with Crippen LogP contribution in [0.4, 0.5) is 5.82 Å². The average Bonchev–Trinajstić information content (AvgIpc) is 3.00. The molecule has 0 spiro atoms. The van der Waals surface area contributed by atoms with E-state index in [-0.39, 0.29) is 5.41 Å². The van der Waals surface area contributed by atoms with Gasteiger partial charge in [-0.1, -0.05) is 6.92 Å². The van der Waals surface area contributed by atoms with Gasteiger partial charge in [-0.2, -0.15) is 0 Å². The molecular formula is C14H17N5OS. The van der Waals surface area contributed by atoms with E-state index in [1.54, 1.807) is 24.8 Å². The van der Waals surface area contributed by atoms with Gasteiger partial charge in [0.2, 0.25) is 0 Å². The maximum absolute atomic E-state index is 11.2. The van der Waals surface area contributed by atoms with Gasteiger partial charge in [-0.25, -0.2) is 9.97 Å². The Labute approximate surface area is 127 Å². The van der Waals surface area contributed by atoms with Crippen LogP contribution in [0.1, 0.15) is 34.4 Å². The van der Waals surface area contributed by atoms with Crippen LogP contribution >= 0.6 is 11.3 Å². The number of anilines is 1. The maximum atomic E-state index is 11.2.